The summed E-state index contributed by atoms with van der Waals surface area (Å²) in [6, 6.07) is 15.1. The van der Waals surface area contributed by atoms with Crippen molar-refractivity contribution in [3.05, 3.63) is 89.3 Å². The molecule has 0 bridgehead atoms. The predicted octanol–water partition coefficient (Wildman–Crippen LogP) is 6.69. The van der Waals surface area contributed by atoms with Crippen LogP contribution in [0, 0.1) is 19.8 Å². The van der Waals surface area contributed by atoms with Gasteiger partial charge >= 0.3 is 0 Å². The van der Waals surface area contributed by atoms with Crippen LogP contribution in [0.5, 0.6) is 0 Å². The van der Waals surface area contributed by atoms with Gasteiger partial charge in [-0.3, -0.25) is 9.59 Å². The number of nitrogens with zero attached hydrogens (tertiary/aromatic N) is 2. The number of carbonyl (C=O) groups is 2. The molecule has 3 heterocycles. The Morgan fingerprint density at radius 1 is 1.07 bits per heavy atom. The van der Waals surface area contributed by atoms with Gasteiger partial charge in [0.05, 0.1) is 6.54 Å². The normalized spacial score (nSPS) is 16.4. The minimum Gasteiger partial charge on any atom is -0.474 e. The van der Waals surface area contributed by atoms with Crippen LogP contribution in [-0.4, -0.2) is 54.3 Å². The van der Waals surface area contributed by atoms with Crippen molar-refractivity contribution < 1.29 is 18.7 Å². The average Bonchev–Trinajstić information content (AvgIpc) is 3.82. The van der Waals surface area contributed by atoms with E-state index < -0.39 is 0 Å². The molecular weight excluding hydrogens is 578 g/mol. The van der Waals surface area contributed by atoms with Gasteiger partial charge in [-0.05, 0) is 82.9 Å². The van der Waals surface area contributed by atoms with Crippen LogP contribution >= 0.6 is 0 Å². The first-order valence-corrected chi connectivity index (χ1v) is 16.1. The summed E-state index contributed by atoms with van der Waals surface area (Å²) in [5.41, 5.74) is 10.6. The molecule has 46 heavy (non-hydrogen) atoms. The van der Waals surface area contributed by atoms with Gasteiger partial charge in [-0.25, -0.2) is 0 Å². The number of epoxide rings is 1. The zero-order chi connectivity index (χ0) is 33.6. The van der Waals surface area contributed by atoms with Crippen molar-refractivity contribution in [3.63, 3.8) is 0 Å². The molecule has 2 amide bonds. The number of ether oxygens (including phenoxy) is 1. The number of nitrogens with two attached hydrogens (primary N) is 1. The van der Waals surface area contributed by atoms with Crippen LogP contribution in [0.15, 0.2) is 76.8 Å². The summed E-state index contributed by atoms with van der Waals surface area (Å²) in [5.74, 6) is 2.21. The highest BCUT2D eigenvalue weighted by molar-refractivity contribution is 5.94. The van der Waals surface area contributed by atoms with E-state index in [4.69, 9.17) is 14.9 Å². The molecule has 2 fully saturated rings. The highest BCUT2D eigenvalue weighted by Gasteiger charge is 2.37. The SMILES string of the molecule is C#C.C=C1CCCCCN1CC(=O)N(CC)CCC.CCNC(=O)c1ccc(C2OC2=C(N)Nc2ccc3oc(C)cc3c2)cc1. The maximum atomic E-state index is 12.1. The molecule has 9 nitrogen and oxygen atoms in total. The molecule has 3 aromatic rings. The maximum Gasteiger partial charge on any atom is 0.251 e. The van der Waals surface area contributed by atoms with Crippen molar-refractivity contribution in [2.45, 2.75) is 65.9 Å². The van der Waals surface area contributed by atoms with Gasteiger partial charge in [0.1, 0.15) is 17.2 Å². The second-order valence-electron chi connectivity index (χ2n) is 11.3. The van der Waals surface area contributed by atoms with Gasteiger partial charge in [0, 0.05) is 54.1 Å². The quantitative estimate of drug-likeness (QED) is 0.170. The molecule has 1 unspecified atom stereocenters. The summed E-state index contributed by atoms with van der Waals surface area (Å²) in [7, 11) is 0. The number of anilines is 1. The Bertz CT molecular complexity index is 1520. The smallest absolute Gasteiger partial charge is 0.251 e. The standard InChI is InChI=1S/C21H21N3O3.C14H26N2O.C2H2/c1-3-23-21(25)14-6-4-13(5-7-14)18-19(27-18)20(22)24-16-8-9-17-15(11-16)10-12(2)26-17;1-4-10-15(5-2)14(17)12-16-11-8-6-7-9-13(16)3;1-2/h4-11,18,24H,3,22H2,1-2H3,(H,23,25);3-12H2,1-2H3;1-2H. The van der Waals surface area contributed by atoms with Crippen molar-refractivity contribution >= 4 is 28.5 Å². The molecule has 1 aromatic heterocycles. The van der Waals surface area contributed by atoms with E-state index in [2.05, 4.69) is 41.9 Å². The third-order valence-electron chi connectivity index (χ3n) is 7.82. The number of carbonyl (C=O) groups excluding carboxylic acids is 2. The number of amides is 2. The number of hydrogen-bond donors (Lipinski definition) is 3. The zero-order valence-electron chi connectivity index (χ0n) is 27.7. The van der Waals surface area contributed by atoms with Crippen molar-refractivity contribution in [2.24, 2.45) is 5.73 Å². The van der Waals surface area contributed by atoms with Gasteiger partial charge in [0.15, 0.2) is 11.9 Å². The van der Waals surface area contributed by atoms with Crippen LogP contribution in [0.4, 0.5) is 5.69 Å². The zero-order valence-corrected chi connectivity index (χ0v) is 27.7. The number of furan rings is 1. The molecule has 2 aliphatic rings. The third kappa shape index (κ3) is 9.83. The lowest BCUT2D eigenvalue weighted by Gasteiger charge is -2.28. The van der Waals surface area contributed by atoms with Gasteiger partial charge in [-0.15, -0.1) is 12.8 Å². The summed E-state index contributed by atoms with van der Waals surface area (Å²) < 4.78 is 11.2. The number of likely N-dealkylation sites (tertiary alicyclic amines) is 1. The van der Waals surface area contributed by atoms with Crippen LogP contribution in [-0.2, 0) is 9.53 Å². The number of hydrogen-bond acceptors (Lipinski definition) is 7. The number of rotatable bonds is 10. The van der Waals surface area contributed by atoms with Gasteiger partial charge in [-0.2, -0.15) is 0 Å². The first-order valence-electron chi connectivity index (χ1n) is 16.1. The number of terminal acetylenes is 1. The van der Waals surface area contributed by atoms with E-state index in [0.29, 0.717) is 30.2 Å². The number of likely N-dealkylation sites (N-methyl/N-ethyl adjacent to an activating group) is 1. The topological polar surface area (TPSA) is 116 Å². The van der Waals surface area contributed by atoms with Gasteiger partial charge < -0.3 is 35.3 Å². The Hall–Kier alpha value is -4.84. The number of benzene rings is 2. The minimum absolute atomic E-state index is 0.0809. The second kappa shape index (κ2) is 17.6. The largest absolute Gasteiger partial charge is 0.474 e. The first-order chi connectivity index (χ1) is 22.2. The number of fused-ring (bicyclic) bond motifs is 1. The lowest BCUT2D eigenvalue weighted by Crippen LogP contribution is -2.40. The van der Waals surface area contributed by atoms with E-state index in [0.717, 1.165) is 66.2 Å². The molecule has 0 aliphatic carbocycles. The molecular formula is C37H49N5O4. The van der Waals surface area contributed by atoms with E-state index in [-0.39, 0.29) is 17.9 Å². The second-order valence-corrected chi connectivity index (χ2v) is 11.3. The molecule has 2 aromatic carbocycles. The fourth-order valence-corrected chi connectivity index (χ4v) is 5.37. The van der Waals surface area contributed by atoms with E-state index in [1.807, 2.05) is 62.1 Å². The van der Waals surface area contributed by atoms with Crippen molar-refractivity contribution in [1.29, 1.82) is 0 Å². The molecule has 246 valence electrons. The number of allylic oxidation sites excluding steroid dienone is 1. The number of nitrogens with one attached hydrogen (secondary N) is 2. The maximum absolute atomic E-state index is 12.1. The summed E-state index contributed by atoms with van der Waals surface area (Å²) in [5, 5.41) is 6.97. The highest BCUT2D eigenvalue weighted by Crippen LogP contribution is 2.44. The molecule has 1 atom stereocenters. The molecule has 2 aliphatic heterocycles. The summed E-state index contributed by atoms with van der Waals surface area (Å²) >= 11 is 0. The fraction of sp³-hybridized carbons (Fsp3) is 0.405. The van der Waals surface area contributed by atoms with Crippen LogP contribution in [0.1, 0.15) is 80.7 Å². The van der Waals surface area contributed by atoms with Crippen LogP contribution < -0.4 is 16.4 Å². The molecule has 2 saturated heterocycles. The molecule has 5 rings (SSSR count). The van der Waals surface area contributed by atoms with Crippen LogP contribution in [0.3, 0.4) is 0 Å². The van der Waals surface area contributed by atoms with E-state index in [1.54, 1.807) is 12.1 Å². The monoisotopic (exact) mass is 627 g/mol. The summed E-state index contributed by atoms with van der Waals surface area (Å²) in [4.78, 5) is 28.1. The number of aryl methyl sites for hydroxylation is 1. The average molecular weight is 628 g/mol. The van der Waals surface area contributed by atoms with Crippen LogP contribution in [0.2, 0.25) is 0 Å². The van der Waals surface area contributed by atoms with Gasteiger partial charge in [0.2, 0.25) is 5.91 Å². The summed E-state index contributed by atoms with van der Waals surface area (Å²) in [6.45, 7) is 15.9. The van der Waals surface area contributed by atoms with Gasteiger partial charge in [0.25, 0.3) is 5.91 Å². The lowest BCUT2D eigenvalue weighted by atomic mass is 10.1. The predicted molar refractivity (Wildman–Crippen MR) is 186 cm³/mol. The van der Waals surface area contributed by atoms with E-state index in [9.17, 15) is 9.59 Å². The fourth-order valence-electron chi connectivity index (χ4n) is 5.37. The summed E-state index contributed by atoms with van der Waals surface area (Å²) in [6.07, 6.45) is 13.6. The Morgan fingerprint density at radius 2 is 1.80 bits per heavy atom. The van der Waals surface area contributed by atoms with Gasteiger partial charge in [-0.1, -0.05) is 32.1 Å². The minimum atomic E-state index is -0.180. The van der Waals surface area contributed by atoms with E-state index in [1.165, 1.54) is 19.3 Å². The van der Waals surface area contributed by atoms with Crippen molar-refractivity contribution in [1.82, 2.24) is 15.1 Å². The van der Waals surface area contributed by atoms with Crippen LogP contribution in [0.25, 0.3) is 11.0 Å². The highest BCUT2D eigenvalue weighted by atomic mass is 16.6. The third-order valence-corrected chi connectivity index (χ3v) is 7.82. The Labute approximate surface area is 273 Å². The Morgan fingerprint density at radius 3 is 2.48 bits per heavy atom. The molecule has 4 N–H and O–H groups in total. The molecule has 0 spiro atoms. The first kappa shape index (κ1) is 35.6. The molecule has 0 radical (unpaired) electrons. The Balaban J connectivity index is 0.000000263. The van der Waals surface area contributed by atoms with E-state index >= 15 is 0 Å². The van der Waals surface area contributed by atoms with Crippen molar-refractivity contribution in [2.75, 3.05) is 38.0 Å². The molecule has 0 saturated carbocycles. The lowest BCUT2D eigenvalue weighted by molar-refractivity contribution is -0.131. The van der Waals surface area contributed by atoms with Crippen molar-refractivity contribution in [3.8, 4) is 12.8 Å². The molecule has 9 heteroatoms. The Kier molecular flexibility index (Phi) is 13.6.